The normalized spacial score (nSPS) is 10.9. The van der Waals surface area contributed by atoms with Crippen molar-refractivity contribution in [2.75, 3.05) is 7.11 Å². The zero-order chi connectivity index (χ0) is 14.3. The maximum absolute atomic E-state index is 5.44. The maximum Gasteiger partial charge on any atom is 0.184 e. The maximum atomic E-state index is 5.44. The Hall–Kier alpha value is -2.14. The molecule has 3 rings (SSSR count). The number of imidazole rings is 1. The van der Waals surface area contributed by atoms with E-state index in [1.54, 1.807) is 7.11 Å². The van der Waals surface area contributed by atoms with Crippen LogP contribution in [0.15, 0.2) is 30.5 Å². The Morgan fingerprint density at radius 1 is 1.25 bits per heavy atom. The summed E-state index contributed by atoms with van der Waals surface area (Å²) in [6, 6.07) is 7.97. The minimum absolute atomic E-state index is 0.645. The number of ether oxygens (including phenoxy) is 1. The number of aromatic amines is 1. The highest BCUT2D eigenvalue weighted by Gasteiger charge is 2.10. The second-order valence-electron chi connectivity index (χ2n) is 4.80. The van der Waals surface area contributed by atoms with E-state index in [0.29, 0.717) is 4.77 Å². The molecule has 0 aliphatic carbocycles. The lowest BCUT2D eigenvalue weighted by Gasteiger charge is -2.09. The zero-order valence-corrected chi connectivity index (χ0v) is 12.4. The van der Waals surface area contributed by atoms with Gasteiger partial charge in [-0.25, -0.2) is 4.98 Å². The number of benzene rings is 1. The third kappa shape index (κ3) is 2.00. The molecule has 0 atom stereocenters. The first-order valence-corrected chi connectivity index (χ1v) is 6.73. The Balaban J connectivity index is 2.29. The number of hydrogen-bond donors (Lipinski definition) is 1. The number of aromatic nitrogens is 3. The number of aryl methyl sites for hydroxylation is 2. The molecule has 20 heavy (non-hydrogen) atoms. The van der Waals surface area contributed by atoms with Gasteiger partial charge in [0.1, 0.15) is 5.75 Å². The molecule has 0 aliphatic rings. The molecule has 0 radical (unpaired) electrons. The van der Waals surface area contributed by atoms with Gasteiger partial charge in [0.25, 0.3) is 0 Å². The van der Waals surface area contributed by atoms with E-state index in [4.69, 9.17) is 17.0 Å². The molecule has 1 N–H and O–H groups in total. The summed E-state index contributed by atoms with van der Waals surface area (Å²) in [5.74, 6) is 0.835. The first-order chi connectivity index (χ1) is 9.60. The minimum Gasteiger partial charge on any atom is -0.497 e. The summed E-state index contributed by atoms with van der Waals surface area (Å²) in [5, 5.41) is 0. The molecule has 102 valence electrons. The van der Waals surface area contributed by atoms with Crippen molar-refractivity contribution in [3.8, 4) is 11.4 Å². The van der Waals surface area contributed by atoms with Crippen LogP contribution in [0.5, 0.6) is 5.75 Å². The number of nitrogens with zero attached hydrogens (tertiary/aromatic N) is 2. The lowest BCUT2D eigenvalue weighted by molar-refractivity contribution is 0.414. The number of fused-ring (bicyclic) bond motifs is 1. The molecule has 4 nitrogen and oxygen atoms in total. The fourth-order valence-electron chi connectivity index (χ4n) is 2.33. The van der Waals surface area contributed by atoms with Crippen molar-refractivity contribution in [3.05, 3.63) is 46.4 Å². The zero-order valence-electron chi connectivity index (χ0n) is 11.6. The first kappa shape index (κ1) is 12.9. The Labute approximate surface area is 122 Å². The van der Waals surface area contributed by atoms with E-state index in [2.05, 4.69) is 9.97 Å². The van der Waals surface area contributed by atoms with Crippen LogP contribution in [0.2, 0.25) is 0 Å². The predicted octanol–water partition coefficient (Wildman–Crippen LogP) is 3.71. The molecule has 0 bridgehead atoms. The number of hydrogen-bond acceptors (Lipinski definition) is 3. The average molecular weight is 285 g/mol. The fourth-order valence-corrected chi connectivity index (χ4v) is 2.62. The quantitative estimate of drug-likeness (QED) is 0.730. The van der Waals surface area contributed by atoms with Crippen LogP contribution in [0.4, 0.5) is 0 Å². The number of pyridine rings is 1. The molecule has 0 amide bonds. The first-order valence-electron chi connectivity index (χ1n) is 6.32. The molecule has 3 aromatic rings. The van der Waals surface area contributed by atoms with E-state index >= 15 is 0 Å². The van der Waals surface area contributed by atoms with Crippen molar-refractivity contribution in [1.29, 1.82) is 0 Å². The molecule has 2 aromatic heterocycles. The van der Waals surface area contributed by atoms with Gasteiger partial charge in [0.15, 0.2) is 10.4 Å². The second kappa shape index (κ2) is 4.76. The second-order valence-corrected chi connectivity index (χ2v) is 5.19. The topological polar surface area (TPSA) is 42.8 Å². The van der Waals surface area contributed by atoms with Gasteiger partial charge in [0.2, 0.25) is 0 Å². The largest absolute Gasteiger partial charge is 0.497 e. The number of methoxy groups -OCH3 is 1. The van der Waals surface area contributed by atoms with E-state index in [9.17, 15) is 0 Å². The van der Waals surface area contributed by atoms with Gasteiger partial charge in [-0.15, -0.1) is 0 Å². The van der Waals surface area contributed by atoms with E-state index in [1.165, 1.54) is 0 Å². The number of H-pyrrole nitrogens is 1. The highest BCUT2D eigenvalue weighted by Crippen LogP contribution is 2.24. The summed E-state index contributed by atoms with van der Waals surface area (Å²) in [4.78, 5) is 7.70. The van der Waals surface area contributed by atoms with Gasteiger partial charge in [-0.2, -0.15) is 0 Å². The fraction of sp³-hybridized carbons (Fsp3) is 0.200. The van der Waals surface area contributed by atoms with Gasteiger partial charge >= 0.3 is 0 Å². The molecule has 1 aromatic carbocycles. The van der Waals surface area contributed by atoms with Crippen molar-refractivity contribution >= 4 is 23.4 Å². The third-order valence-corrected chi connectivity index (χ3v) is 3.59. The highest BCUT2D eigenvalue weighted by molar-refractivity contribution is 7.71. The van der Waals surface area contributed by atoms with Gasteiger partial charge in [-0.1, -0.05) is 0 Å². The van der Waals surface area contributed by atoms with Crippen molar-refractivity contribution in [1.82, 2.24) is 14.5 Å². The average Bonchev–Trinajstić information content (AvgIpc) is 2.73. The van der Waals surface area contributed by atoms with Crippen molar-refractivity contribution < 1.29 is 4.74 Å². The van der Waals surface area contributed by atoms with Crippen LogP contribution in [-0.4, -0.2) is 21.6 Å². The summed E-state index contributed by atoms with van der Waals surface area (Å²) in [6.07, 6.45) is 1.85. The molecule has 0 unspecified atom stereocenters. The van der Waals surface area contributed by atoms with E-state index in [-0.39, 0.29) is 0 Å². The van der Waals surface area contributed by atoms with E-state index in [0.717, 1.165) is 33.7 Å². The molecule has 0 aliphatic heterocycles. The lowest BCUT2D eigenvalue weighted by atomic mass is 10.2. The van der Waals surface area contributed by atoms with Gasteiger partial charge in [-0.3, -0.25) is 4.57 Å². The van der Waals surface area contributed by atoms with Gasteiger partial charge in [0, 0.05) is 6.20 Å². The Morgan fingerprint density at radius 2 is 2.05 bits per heavy atom. The van der Waals surface area contributed by atoms with Crippen LogP contribution in [0.3, 0.4) is 0 Å². The molecule has 5 heteroatoms. The monoisotopic (exact) mass is 285 g/mol. The number of rotatable bonds is 2. The van der Waals surface area contributed by atoms with Gasteiger partial charge < -0.3 is 9.72 Å². The highest BCUT2D eigenvalue weighted by atomic mass is 32.1. The third-order valence-electron chi connectivity index (χ3n) is 3.30. The Bertz CT molecular complexity index is 848. The van der Waals surface area contributed by atoms with Crippen LogP contribution < -0.4 is 4.74 Å². The molecule has 0 spiro atoms. The smallest absolute Gasteiger partial charge is 0.184 e. The predicted molar refractivity (Wildman–Crippen MR) is 82.3 cm³/mol. The summed E-state index contributed by atoms with van der Waals surface area (Å²) in [7, 11) is 1.66. The van der Waals surface area contributed by atoms with Crippen molar-refractivity contribution in [2.24, 2.45) is 0 Å². The van der Waals surface area contributed by atoms with Gasteiger partial charge in [-0.05, 0) is 61.5 Å². The Morgan fingerprint density at radius 3 is 2.75 bits per heavy atom. The molecule has 0 saturated heterocycles. The van der Waals surface area contributed by atoms with Crippen LogP contribution >= 0.6 is 12.2 Å². The van der Waals surface area contributed by atoms with Gasteiger partial charge in [0.05, 0.1) is 18.3 Å². The van der Waals surface area contributed by atoms with E-state index < -0.39 is 0 Å². The lowest BCUT2D eigenvalue weighted by Crippen LogP contribution is -1.99. The Kier molecular flexibility index (Phi) is 3.06. The molecule has 0 fully saturated rings. The molecular weight excluding hydrogens is 270 g/mol. The van der Waals surface area contributed by atoms with Crippen LogP contribution in [0.25, 0.3) is 16.9 Å². The van der Waals surface area contributed by atoms with Crippen LogP contribution in [-0.2, 0) is 0 Å². The van der Waals surface area contributed by atoms with Crippen molar-refractivity contribution in [2.45, 2.75) is 13.8 Å². The van der Waals surface area contributed by atoms with Crippen molar-refractivity contribution in [3.63, 3.8) is 0 Å². The summed E-state index contributed by atoms with van der Waals surface area (Å²) in [5.41, 5.74) is 4.99. The summed E-state index contributed by atoms with van der Waals surface area (Å²) in [6.45, 7) is 4.05. The van der Waals surface area contributed by atoms with Crippen LogP contribution in [0, 0.1) is 18.6 Å². The minimum atomic E-state index is 0.645. The molecule has 0 saturated carbocycles. The van der Waals surface area contributed by atoms with Crippen LogP contribution in [0.1, 0.15) is 11.1 Å². The number of nitrogens with one attached hydrogen (secondary N) is 1. The van der Waals surface area contributed by atoms with E-state index in [1.807, 2.05) is 48.9 Å². The molecular formula is C15H15N3OS. The standard InChI is InChI=1S/C15H15N3OS/c1-9-6-12-14(16-8-9)18(15(20)17-12)13-5-4-11(19-3)7-10(13)2/h4-8H,1-3H3,(H,17,20). The summed E-state index contributed by atoms with van der Waals surface area (Å²) < 4.78 is 7.84. The SMILES string of the molecule is COc1ccc(-n2c(=S)[nH]c3cc(C)cnc32)c(C)c1. The summed E-state index contributed by atoms with van der Waals surface area (Å²) >= 11 is 5.44. The molecule has 2 heterocycles.